The second-order valence-corrected chi connectivity index (χ2v) is 10.1. The zero-order valence-corrected chi connectivity index (χ0v) is 20.5. The molecule has 3 N–H and O–H groups in total. The summed E-state index contributed by atoms with van der Waals surface area (Å²) in [5, 5.41) is 5.96. The zero-order chi connectivity index (χ0) is 24.0. The second kappa shape index (κ2) is 8.58. The predicted molar refractivity (Wildman–Crippen MR) is 142 cm³/mol. The summed E-state index contributed by atoms with van der Waals surface area (Å²) in [7, 11) is 4.34. The fraction of sp³-hybridized carbons (Fsp3) is 0.290. The largest absolute Gasteiger partial charge is 0.371 e. The minimum atomic E-state index is -0.736. The van der Waals surface area contributed by atoms with Crippen LogP contribution in [0.15, 0.2) is 91.0 Å². The molecular weight excluding hydrogens is 430 g/mol. The van der Waals surface area contributed by atoms with E-state index in [0.717, 1.165) is 31.7 Å². The molecule has 0 radical (unpaired) electrons. The Morgan fingerprint density at radius 1 is 0.886 bits per heavy atom. The molecule has 0 amide bonds. The van der Waals surface area contributed by atoms with Crippen LogP contribution >= 0.6 is 0 Å². The van der Waals surface area contributed by atoms with Crippen LogP contribution in [0.4, 0.5) is 0 Å². The van der Waals surface area contributed by atoms with E-state index >= 15 is 0 Å². The lowest BCUT2D eigenvalue weighted by atomic mass is 9.67. The molecule has 1 saturated heterocycles. The molecule has 1 fully saturated rings. The van der Waals surface area contributed by atoms with Gasteiger partial charge < -0.3 is 15.8 Å². The van der Waals surface area contributed by atoms with Crippen molar-refractivity contribution < 1.29 is 4.74 Å². The third-order valence-electron chi connectivity index (χ3n) is 8.16. The maximum atomic E-state index is 7.76. The van der Waals surface area contributed by atoms with Crippen LogP contribution in [0.1, 0.15) is 33.9 Å². The summed E-state index contributed by atoms with van der Waals surface area (Å²) in [6.07, 6.45) is 0.890. The van der Waals surface area contributed by atoms with Crippen LogP contribution in [0.2, 0.25) is 0 Å². The highest BCUT2D eigenvalue weighted by atomic mass is 16.5. The summed E-state index contributed by atoms with van der Waals surface area (Å²) in [6, 6.07) is 32.8. The number of nitrogens with zero attached hydrogens (tertiary/aromatic N) is 1. The van der Waals surface area contributed by atoms with E-state index in [1.54, 1.807) is 0 Å². The average molecular weight is 464 g/mol. The number of nitrogens with one attached hydrogen (secondary N) is 1. The summed E-state index contributed by atoms with van der Waals surface area (Å²) in [5.41, 5.74) is 12.6. The first-order chi connectivity index (χ1) is 17.1. The molecule has 178 valence electrons. The molecule has 3 unspecified atom stereocenters. The Morgan fingerprint density at radius 2 is 1.60 bits per heavy atom. The number of nitrogens with two attached hydrogens (primary N) is 1. The minimum absolute atomic E-state index is 0.0821. The Labute approximate surface area is 207 Å². The molecule has 1 aliphatic heterocycles. The van der Waals surface area contributed by atoms with Crippen LogP contribution in [0, 0.1) is 0 Å². The molecular formula is C31H33N3O. The highest BCUT2D eigenvalue weighted by Crippen LogP contribution is 2.57. The first-order valence-corrected chi connectivity index (χ1v) is 12.5. The molecule has 3 atom stereocenters. The first kappa shape index (κ1) is 22.4. The van der Waals surface area contributed by atoms with Crippen molar-refractivity contribution in [1.29, 1.82) is 0 Å². The summed E-state index contributed by atoms with van der Waals surface area (Å²) in [5.74, 6) is 0. The van der Waals surface area contributed by atoms with E-state index in [0.29, 0.717) is 0 Å². The number of ether oxygens (including phenoxy) is 1. The molecule has 35 heavy (non-hydrogen) atoms. The third kappa shape index (κ3) is 3.29. The quantitative estimate of drug-likeness (QED) is 0.450. The average Bonchev–Trinajstić information content (AvgIpc) is 3.13. The fourth-order valence-corrected chi connectivity index (χ4v) is 6.46. The molecule has 4 aromatic rings. The number of rotatable bonds is 5. The molecule has 0 saturated carbocycles. The van der Waals surface area contributed by atoms with Crippen LogP contribution in [0.5, 0.6) is 0 Å². The van der Waals surface area contributed by atoms with Crippen LogP contribution in [0.25, 0.3) is 10.8 Å². The van der Waals surface area contributed by atoms with E-state index in [-0.39, 0.29) is 6.10 Å². The van der Waals surface area contributed by atoms with Crippen molar-refractivity contribution in [2.24, 2.45) is 5.73 Å². The molecule has 0 bridgehead atoms. The number of hydrogen-bond acceptors (Lipinski definition) is 4. The van der Waals surface area contributed by atoms with Crippen molar-refractivity contribution >= 4 is 10.8 Å². The Bertz CT molecular complexity index is 1340. The van der Waals surface area contributed by atoms with Crippen molar-refractivity contribution in [2.45, 2.75) is 23.6 Å². The molecule has 4 nitrogen and oxygen atoms in total. The summed E-state index contributed by atoms with van der Waals surface area (Å²) in [4.78, 5) is 2.34. The van der Waals surface area contributed by atoms with E-state index in [2.05, 4.69) is 115 Å². The standard InChI is InChI=1S/C31H33N3O/c1-34(2)30(20-22-8-4-3-5-9-22)26-12-6-10-24-11-7-13-27(29(24)26)31(30,32)25-16-14-23(15-17-25)28-21-33-18-19-35-28/h3-17,28,33H,18-21,32H2,1-2H3. The van der Waals surface area contributed by atoms with Crippen molar-refractivity contribution in [2.75, 3.05) is 33.8 Å². The van der Waals surface area contributed by atoms with Gasteiger partial charge in [-0.15, -0.1) is 0 Å². The topological polar surface area (TPSA) is 50.5 Å². The number of hydrogen-bond donors (Lipinski definition) is 2. The van der Waals surface area contributed by atoms with Gasteiger partial charge in [-0.05, 0) is 59.1 Å². The third-order valence-corrected chi connectivity index (χ3v) is 8.16. The zero-order valence-electron chi connectivity index (χ0n) is 20.5. The lowest BCUT2D eigenvalue weighted by molar-refractivity contribution is 0.0276. The highest BCUT2D eigenvalue weighted by molar-refractivity contribution is 5.95. The van der Waals surface area contributed by atoms with Gasteiger partial charge in [-0.3, -0.25) is 4.90 Å². The second-order valence-electron chi connectivity index (χ2n) is 10.1. The van der Waals surface area contributed by atoms with Gasteiger partial charge in [0.25, 0.3) is 0 Å². The monoisotopic (exact) mass is 463 g/mol. The van der Waals surface area contributed by atoms with Gasteiger partial charge in [0.2, 0.25) is 0 Å². The first-order valence-electron chi connectivity index (χ1n) is 12.5. The predicted octanol–water partition coefficient (Wildman–Crippen LogP) is 4.72. The normalized spacial score (nSPS) is 25.9. The highest BCUT2D eigenvalue weighted by Gasteiger charge is 2.59. The van der Waals surface area contributed by atoms with Crippen molar-refractivity contribution in [3.8, 4) is 0 Å². The van der Waals surface area contributed by atoms with E-state index in [9.17, 15) is 0 Å². The van der Waals surface area contributed by atoms with E-state index in [4.69, 9.17) is 10.5 Å². The van der Waals surface area contributed by atoms with Crippen LogP contribution in [-0.2, 0) is 22.2 Å². The van der Waals surface area contributed by atoms with E-state index < -0.39 is 11.1 Å². The van der Waals surface area contributed by atoms with Crippen molar-refractivity contribution in [3.05, 3.63) is 119 Å². The number of morpholine rings is 1. The van der Waals surface area contributed by atoms with Crippen LogP contribution in [0.3, 0.4) is 0 Å². The summed E-state index contributed by atoms with van der Waals surface area (Å²) >= 11 is 0. The lowest BCUT2D eigenvalue weighted by Gasteiger charge is -2.50. The summed E-state index contributed by atoms with van der Waals surface area (Å²) in [6.45, 7) is 2.49. The van der Waals surface area contributed by atoms with E-state index in [1.165, 1.54) is 33.0 Å². The molecule has 0 aromatic heterocycles. The number of likely N-dealkylation sites (N-methyl/N-ethyl adjacent to an activating group) is 1. The minimum Gasteiger partial charge on any atom is -0.371 e. The Kier molecular flexibility index (Phi) is 5.50. The fourth-order valence-electron chi connectivity index (χ4n) is 6.46. The Hall–Kier alpha value is -3.02. The Morgan fingerprint density at radius 3 is 2.26 bits per heavy atom. The molecule has 6 rings (SSSR count). The SMILES string of the molecule is CN(C)C1(Cc2ccccc2)c2cccc3cccc(c23)C1(N)c1ccc(C2CNCCO2)cc1. The molecule has 0 spiro atoms. The van der Waals surface area contributed by atoms with Crippen molar-refractivity contribution in [3.63, 3.8) is 0 Å². The van der Waals surface area contributed by atoms with Crippen LogP contribution in [-0.4, -0.2) is 38.7 Å². The number of benzene rings is 4. The van der Waals surface area contributed by atoms with Gasteiger partial charge in [-0.2, -0.15) is 0 Å². The maximum Gasteiger partial charge on any atom is 0.0949 e. The molecule has 1 aliphatic carbocycles. The maximum absolute atomic E-state index is 7.76. The van der Waals surface area contributed by atoms with Crippen molar-refractivity contribution in [1.82, 2.24) is 10.2 Å². The van der Waals surface area contributed by atoms with E-state index in [1.807, 2.05) is 0 Å². The van der Waals surface area contributed by atoms with Gasteiger partial charge in [0.15, 0.2) is 0 Å². The molecule has 4 heteroatoms. The lowest BCUT2D eigenvalue weighted by Crippen LogP contribution is -2.61. The Balaban J connectivity index is 1.57. The molecule has 2 aliphatic rings. The molecule has 4 aromatic carbocycles. The van der Waals surface area contributed by atoms with Crippen LogP contribution < -0.4 is 11.1 Å². The van der Waals surface area contributed by atoms with Gasteiger partial charge in [0.05, 0.1) is 23.8 Å². The van der Waals surface area contributed by atoms with Gasteiger partial charge in [-0.25, -0.2) is 0 Å². The summed E-state index contributed by atoms with van der Waals surface area (Å²) < 4.78 is 6.01. The molecule has 1 heterocycles. The smallest absolute Gasteiger partial charge is 0.0949 e. The van der Waals surface area contributed by atoms with Gasteiger partial charge in [-0.1, -0.05) is 91.0 Å². The van der Waals surface area contributed by atoms with Gasteiger partial charge in [0.1, 0.15) is 0 Å². The van der Waals surface area contributed by atoms with Gasteiger partial charge in [0, 0.05) is 13.1 Å². The van der Waals surface area contributed by atoms with Gasteiger partial charge >= 0.3 is 0 Å².